The van der Waals surface area contributed by atoms with E-state index >= 15 is 0 Å². The fourth-order valence-corrected chi connectivity index (χ4v) is 2.54. The zero-order valence-electron chi connectivity index (χ0n) is 9.40. The molecule has 0 aliphatic heterocycles. The number of rotatable bonds is 3. The Kier molecular flexibility index (Phi) is 2.90. The van der Waals surface area contributed by atoms with E-state index in [1.165, 1.54) is 38.5 Å². The van der Waals surface area contributed by atoms with Crippen molar-refractivity contribution < 1.29 is 0 Å². The molecule has 0 heteroatoms. The second-order valence-corrected chi connectivity index (χ2v) is 4.44. The van der Waals surface area contributed by atoms with Gasteiger partial charge in [0.1, 0.15) is 0 Å². The first-order valence-corrected chi connectivity index (χ1v) is 5.93. The van der Waals surface area contributed by atoms with Crippen molar-refractivity contribution in [1.82, 2.24) is 0 Å². The monoisotopic (exact) mass is 188 g/mol. The summed E-state index contributed by atoms with van der Waals surface area (Å²) in [6.07, 6.45) is 7.91. The van der Waals surface area contributed by atoms with E-state index in [1.54, 1.807) is 22.3 Å². The van der Waals surface area contributed by atoms with Crippen molar-refractivity contribution >= 4 is 0 Å². The van der Waals surface area contributed by atoms with Gasteiger partial charge in [0.25, 0.3) is 0 Å². The predicted octanol–water partition coefficient (Wildman–Crippen LogP) is 3.83. The van der Waals surface area contributed by atoms with Gasteiger partial charge in [0, 0.05) is 0 Å². The number of aryl methyl sites for hydroxylation is 2. The molecule has 2 rings (SSSR count). The Morgan fingerprint density at radius 2 is 2.07 bits per heavy atom. The van der Waals surface area contributed by atoms with E-state index in [4.69, 9.17) is 0 Å². The van der Waals surface area contributed by atoms with Crippen LogP contribution in [0.4, 0.5) is 0 Å². The summed E-state index contributed by atoms with van der Waals surface area (Å²) in [5.41, 5.74) is 6.46. The highest BCUT2D eigenvalue weighted by molar-refractivity contribution is 5.42. The lowest BCUT2D eigenvalue weighted by atomic mass is 9.96. The standard InChI is InChI=1S/C14H20/c1-3-4-6-12-9-10-13-7-5-8-14(13)11(12)2/h9-10H,3-8H2,1-2H3. The summed E-state index contributed by atoms with van der Waals surface area (Å²) in [4.78, 5) is 0. The molecule has 0 unspecified atom stereocenters. The van der Waals surface area contributed by atoms with Crippen molar-refractivity contribution in [2.45, 2.75) is 52.4 Å². The molecule has 0 fully saturated rings. The third-order valence-electron chi connectivity index (χ3n) is 3.48. The molecular formula is C14H20. The molecule has 0 saturated heterocycles. The summed E-state index contributed by atoms with van der Waals surface area (Å²) in [6.45, 7) is 4.58. The highest BCUT2D eigenvalue weighted by Gasteiger charge is 2.14. The molecule has 1 aromatic carbocycles. The quantitative estimate of drug-likeness (QED) is 0.676. The Morgan fingerprint density at radius 1 is 1.21 bits per heavy atom. The van der Waals surface area contributed by atoms with Crippen LogP contribution in [0.25, 0.3) is 0 Å². The van der Waals surface area contributed by atoms with E-state index in [2.05, 4.69) is 26.0 Å². The molecule has 0 spiro atoms. The van der Waals surface area contributed by atoms with Crippen LogP contribution in [0, 0.1) is 6.92 Å². The fourth-order valence-electron chi connectivity index (χ4n) is 2.54. The van der Waals surface area contributed by atoms with Gasteiger partial charge in [-0.25, -0.2) is 0 Å². The minimum absolute atomic E-state index is 1.27. The van der Waals surface area contributed by atoms with Crippen molar-refractivity contribution in [3.05, 3.63) is 34.4 Å². The van der Waals surface area contributed by atoms with Gasteiger partial charge in [0.15, 0.2) is 0 Å². The first kappa shape index (κ1) is 9.76. The summed E-state index contributed by atoms with van der Waals surface area (Å²) in [7, 11) is 0. The average molecular weight is 188 g/mol. The van der Waals surface area contributed by atoms with E-state index < -0.39 is 0 Å². The van der Waals surface area contributed by atoms with Crippen molar-refractivity contribution in [2.75, 3.05) is 0 Å². The van der Waals surface area contributed by atoms with E-state index in [0.717, 1.165) is 0 Å². The number of hydrogen-bond acceptors (Lipinski definition) is 0. The second-order valence-electron chi connectivity index (χ2n) is 4.44. The summed E-state index contributed by atoms with van der Waals surface area (Å²) in [6, 6.07) is 4.72. The van der Waals surface area contributed by atoms with Crippen molar-refractivity contribution in [1.29, 1.82) is 0 Å². The van der Waals surface area contributed by atoms with E-state index in [1.807, 2.05) is 0 Å². The lowest BCUT2D eigenvalue weighted by Gasteiger charge is -2.10. The van der Waals surface area contributed by atoms with Crippen LogP contribution >= 0.6 is 0 Å². The van der Waals surface area contributed by atoms with Crippen LogP contribution < -0.4 is 0 Å². The maximum Gasteiger partial charge on any atom is -0.0270 e. The van der Waals surface area contributed by atoms with Crippen molar-refractivity contribution in [2.24, 2.45) is 0 Å². The van der Waals surface area contributed by atoms with Crippen LogP contribution in [0.5, 0.6) is 0 Å². The molecule has 76 valence electrons. The van der Waals surface area contributed by atoms with Crippen molar-refractivity contribution in [3.8, 4) is 0 Å². The minimum Gasteiger partial charge on any atom is -0.0654 e. The molecule has 1 aromatic rings. The lowest BCUT2D eigenvalue weighted by molar-refractivity contribution is 0.789. The van der Waals surface area contributed by atoms with Gasteiger partial charge >= 0.3 is 0 Å². The Hall–Kier alpha value is -0.780. The number of hydrogen-bond donors (Lipinski definition) is 0. The summed E-state index contributed by atoms with van der Waals surface area (Å²) in [5, 5.41) is 0. The van der Waals surface area contributed by atoms with Gasteiger partial charge in [-0.3, -0.25) is 0 Å². The largest absolute Gasteiger partial charge is 0.0654 e. The molecule has 0 amide bonds. The first-order chi connectivity index (χ1) is 6.83. The first-order valence-electron chi connectivity index (χ1n) is 5.93. The SMILES string of the molecule is CCCCc1ccc2c(c1C)CCC2. The van der Waals surface area contributed by atoms with Crippen LogP contribution in [0.2, 0.25) is 0 Å². The molecule has 14 heavy (non-hydrogen) atoms. The fraction of sp³-hybridized carbons (Fsp3) is 0.571. The van der Waals surface area contributed by atoms with Crippen LogP contribution in [0.3, 0.4) is 0 Å². The van der Waals surface area contributed by atoms with Gasteiger partial charge in [0.2, 0.25) is 0 Å². The van der Waals surface area contributed by atoms with E-state index in [-0.39, 0.29) is 0 Å². The van der Waals surface area contributed by atoms with Crippen LogP contribution in [0.1, 0.15) is 48.4 Å². The van der Waals surface area contributed by atoms with Gasteiger partial charge < -0.3 is 0 Å². The molecule has 0 atom stereocenters. The zero-order valence-corrected chi connectivity index (χ0v) is 9.40. The molecular weight excluding hydrogens is 168 g/mol. The van der Waals surface area contributed by atoms with Crippen molar-refractivity contribution in [3.63, 3.8) is 0 Å². The molecule has 0 bridgehead atoms. The van der Waals surface area contributed by atoms with Gasteiger partial charge in [-0.1, -0.05) is 25.5 Å². The Balaban J connectivity index is 2.26. The summed E-state index contributed by atoms with van der Waals surface area (Å²) >= 11 is 0. The number of benzene rings is 1. The lowest BCUT2D eigenvalue weighted by Crippen LogP contribution is -1.95. The topological polar surface area (TPSA) is 0 Å². The third kappa shape index (κ3) is 1.70. The minimum atomic E-state index is 1.27. The Bertz CT molecular complexity index is 323. The average Bonchev–Trinajstić information content (AvgIpc) is 2.66. The molecule has 0 radical (unpaired) electrons. The van der Waals surface area contributed by atoms with Gasteiger partial charge in [-0.15, -0.1) is 0 Å². The van der Waals surface area contributed by atoms with Crippen LogP contribution in [-0.4, -0.2) is 0 Å². The maximum atomic E-state index is 2.36. The molecule has 0 saturated carbocycles. The Labute approximate surface area is 87.3 Å². The summed E-state index contributed by atoms with van der Waals surface area (Å²) < 4.78 is 0. The molecule has 0 N–H and O–H groups in total. The third-order valence-corrected chi connectivity index (χ3v) is 3.48. The molecule has 0 nitrogen and oxygen atoms in total. The zero-order chi connectivity index (χ0) is 9.97. The second kappa shape index (κ2) is 4.16. The van der Waals surface area contributed by atoms with Gasteiger partial charge in [0.05, 0.1) is 0 Å². The number of fused-ring (bicyclic) bond motifs is 1. The molecule has 1 aliphatic carbocycles. The highest BCUT2D eigenvalue weighted by Crippen LogP contribution is 2.27. The highest BCUT2D eigenvalue weighted by atomic mass is 14.2. The Morgan fingerprint density at radius 3 is 2.86 bits per heavy atom. The molecule has 0 aromatic heterocycles. The molecule has 0 heterocycles. The molecule has 1 aliphatic rings. The predicted molar refractivity (Wildman–Crippen MR) is 61.8 cm³/mol. The van der Waals surface area contributed by atoms with Gasteiger partial charge in [-0.05, 0) is 61.3 Å². The van der Waals surface area contributed by atoms with E-state index in [9.17, 15) is 0 Å². The number of unbranched alkanes of at least 4 members (excludes halogenated alkanes) is 1. The smallest absolute Gasteiger partial charge is 0.0270 e. The van der Waals surface area contributed by atoms with Gasteiger partial charge in [-0.2, -0.15) is 0 Å². The normalized spacial score (nSPS) is 14.4. The van der Waals surface area contributed by atoms with Crippen LogP contribution in [0.15, 0.2) is 12.1 Å². The summed E-state index contributed by atoms with van der Waals surface area (Å²) in [5.74, 6) is 0. The maximum absolute atomic E-state index is 2.36. The van der Waals surface area contributed by atoms with E-state index in [0.29, 0.717) is 0 Å². The van der Waals surface area contributed by atoms with Crippen LogP contribution in [-0.2, 0) is 19.3 Å².